The molecule has 0 N–H and O–H groups in total. The highest BCUT2D eigenvalue weighted by atomic mass is 32.2. The molecule has 2 fully saturated rings. The van der Waals surface area contributed by atoms with Gasteiger partial charge in [-0.1, -0.05) is 18.2 Å². The van der Waals surface area contributed by atoms with Crippen LogP contribution in [-0.2, 0) is 25.9 Å². The molecule has 0 aliphatic carbocycles. The van der Waals surface area contributed by atoms with E-state index < -0.39 is 9.84 Å². The Kier molecular flexibility index (Phi) is 6.95. The maximum absolute atomic E-state index is 12.8. The Balaban J connectivity index is 1.62. The summed E-state index contributed by atoms with van der Waals surface area (Å²) < 4.78 is 29.0. The van der Waals surface area contributed by atoms with Crippen molar-refractivity contribution >= 4 is 21.4 Å². The van der Waals surface area contributed by atoms with Gasteiger partial charge in [-0.05, 0) is 32.0 Å². The fraction of sp³-hybridized carbons (Fsp3) is 0.650. The van der Waals surface area contributed by atoms with E-state index in [1.807, 2.05) is 31.0 Å². The van der Waals surface area contributed by atoms with Gasteiger partial charge in [0.25, 0.3) is 0 Å². The first-order valence-corrected chi connectivity index (χ1v) is 11.8. The number of carbonyl (C=O) groups excluding carboxylic acids is 1. The van der Waals surface area contributed by atoms with E-state index in [1.165, 1.54) is 11.3 Å². The van der Waals surface area contributed by atoms with Crippen molar-refractivity contribution in [2.75, 3.05) is 62.8 Å². The van der Waals surface area contributed by atoms with E-state index >= 15 is 0 Å². The third-order valence-corrected chi connectivity index (χ3v) is 7.25. The zero-order valence-electron chi connectivity index (χ0n) is 16.8. The number of amides is 1. The van der Waals surface area contributed by atoms with Crippen molar-refractivity contribution in [2.24, 2.45) is 0 Å². The molecule has 1 amide bonds. The number of hydrogen-bond donors (Lipinski definition) is 0. The molecule has 2 saturated heterocycles. The molecule has 2 aliphatic heterocycles. The summed E-state index contributed by atoms with van der Waals surface area (Å²) in [5, 5.41) is 0. The first kappa shape index (κ1) is 21.1. The van der Waals surface area contributed by atoms with E-state index in [2.05, 4.69) is 17.0 Å². The maximum atomic E-state index is 12.8. The summed E-state index contributed by atoms with van der Waals surface area (Å²) in [5.41, 5.74) is 2.38. The molecule has 0 bridgehead atoms. The van der Waals surface area contributed by atoms with Crippen LogP contribution in [0.2, 0.25) is 0 Å². The molecule has 0 aromatic heterocycles. The van der Waals surface area contributed by atoms with E-state index in [0.29, 0.717) is 19.5 Å². The lowest BCUT2D eigenvalue weighted by Crippen LogP contribution is -2.45. The molecule has 8 heteroatoms. The smallest absolute Gasteiger partial charge is 0.237 e. The van der Waals surface area contributed by atoms with E-state index in [0.717, 1.165) is 26.3 Å². The number of para-hydroxylation sites is 1. The van der Waals surface area contributed by atoms with Crippen LogP contribution in [0.15, 0.2) is 24.3 Å². The van der Waals surface area contributed by atoms with Gasteiger partial charge >= 0.3 is 0 Å². The first-order valence-electron chi connectivity index (χ1n) is 9.98. The summed E-state index contributed by atoms with van der Waals surface area (Å²) >= 11 is 0. The number of anilines is 1. The normalized spacial score (nSPS) is 21.8. The van der Waals surface area contributed by atoms with Crippen LogP contribution in [0.5, 0.6) is 0 Å². The quantitative estimate of drug-likeness (QED) is 0.669. The minimum absolute atomic E-state index is 0.00375. The Morgan fingerprint density at radius 2 is 1.96 bits per heavy atom. The van der Waals surface area contributed by atoms with Crippen LogP contribution < -0.4 is 4.90 Å². The van der Waals surface area contributed by atoms with Crippen molar-refractivity contribution in [1.82, 2.24) is 9.80 Å². The van der Waals surface area contributed by atoms with Gasteiger partial charge in [-0.2, -0.15) is 0 Å². The molecule has 1 aromatic rings. The molecular weight excluding hydrogens is 378 g/mol. The van der Waals surface area contributed by atoms with Gasteiger partial charge in [0.05, 0.1) is 31.3 Å². The number of ether oxygens (including phenoxy) is 1. The van der Waals surface area contributed by atoms with Crippen LogP contribution >= 0.6 is 0 Å². The van der Waals surface area contributed by atoms with Crippen LogP contribution in [-0.4, -0.2) is 88.1 Å². The molecule has 0 saturated carbocycles. The fourth-order valence-corrected chi connectivity index (χ4v) is 5.82. The third kappa shape index (κ3) is 5.24. The Morgan fingerprint density at radius 3 is 2.61 bits per heavy atom. The second-order valence-electron chi connectivity index (χ2n) is 7.64. The summed E-state index contributed by atoms with van der Waals surface area (Å²) in [6.45, 7) is 6.62. The molecule has 2 aliphatic rings. The Morgan fingerprint density at radius 1 is 1.25 bits per heavy atom. The average Bonchev–Trinajstić information content (AvgIpc) is 3.03. The van der Waals surface area contributed by atoms with Crippen LogP contribution in [0.1, 0.15) is 18.9 Å². The zero-order chi connectivity index (χ0) is 20.1. The highest BCUT2D eigenvalue weighted by Gasteiger charge is 2.34. The molecule has 1 aromatic carbocycles. The lowest BCUT2D eigenvalue weighted by Gasteiger charge is -2.32. The largest absolute Gasteiger partial charge is 0.378 e. The predicted octanol–water partition coefficient (Wildman–Crippen LogP) is 0.991. The van der Waals surface area contributed by atoms with E-state index in [4.69, 9.17) is 4.74 Å². The summed E-state index contributed by atoms with van der Waals surface area (Å²) in [7, 11) is -1.06. The van der Waals surface area contributed by atoms with E-state index in [1.54, 1.807) is 4.90 Å². The molecular formula is C20H31N3O4S. The minimum atomic E-state index is -3.00. The van der Waals surface area contributed by atoms with Gasteiger partial charge in [0.15, 0.2) is 9.84 Å². The maximum Gasteiger partial charge on any atom is 0.237 e. The summed E-state index contributed by atoms with van der Waals surface area (Å²) in [6, 6.07) is 8.11. The van der Waals surface area contributed by atoms with Gasteiger partial charge in [-0.3, -0.25) is 9.69 Å². The SMILES string of the molecule is CCN(C(=O)CN(C)Cc1ccccc1N1CCOCC1)C1CCS(=O)(=O)C1. The average molecular weight is 410 g/mol. The Hall–Kier alpha value is -1.64. The monoisotopic (exact) mass is 409 g/mol. The summed E-state index contributed by atoms with van der Waals surface area (Å²) in [5.74, 6) is 0.274. The number of nitrogens with zero attached hydrogens (tertiary/aromatic N) is 3. The van der Waals surface area contributed by atoms with Gasteiger partial charge < -0.3 is 14.5 Å². The molecule has 28 heavy (non-hydrogen) atoms. The van der Waals surface area contributed by atoms with Crippen molar-refractivity contribution < 1.29 is 17.9 Å². The number of rotatable bonds is 7. The molecule has 3 rings (SSSR count). The van der Waals surface area contributed by atoms with Crippen molar-refractivity contribution in [2.45, 2.75) is 25.9 Å². The third-order valence-electron chi connectivity index (χ3n) is 5.50. The Labute approximate surface area is 168 Å². The number of carbonyl (C=O) groups is 1. The lowest BCUT2D eigenvalue weighted by atomic mass is 10.1. The molecule has 1 atom stereocenters. The lowest BCUT2D eigenvalue weighted by molar-refractivity contribution is -0.133. The standard InChI is InChI=1S/C20H31N3O4S/c1-3-23(18-8-13-28(25,26)16-18)20(24)15-21(2)14-17-6-4-5-7-19(17)22-9-11-27-12-10-22/h4-7,18H,3,8-16H2,1-2H3. The topological polar surface area (TPSA) is 70.2 Å². The summed E-state index contributed by atoms with van der Waals surface area (Å²) in [6.07, 6.45) is 0.547. The van der Waals surface area contributed by atoms with Crippen LogP contribution in [0.4, 0.5) is 5.69 Å². The predicted molar refractivity (Wildman–Crippen MR) is 110 cm³/mol. The van der Waals surface area contributed by atoms with Crippen LogP contribution in [0, 0.1) is 0 Å². The van der Waals surface area contributed by atoms with Crippen molar-refractivity contribution in [1.29, 1.82) is 0 Å². The first-order chi connectivity index (χ1) is 13.4. The van der Waals surface area contributed by atoms with Crippen LogP contribution in [0.25, 0.3) is 0 Å². The molecule has 156 valence electrons. The fourth-order valence-electron chi connectivity index (χ4n) is 4.09. The summed E-state index contributed by atoms with van der Waals surface area (Å²) in [4.78, 5) is 18.9. The van der Waals surface area contributed by atoms with Crippen molar-refractivity contribution in [3.63, 3.8) is 0 Å². The highest BCUT2D eigenvalue weighted by molar-refractivity contribution is 7.91. The minimum Gasteiger partial charge on any atom is -0.378 e. The Bertz CT molecular complexity index is 777. The number of sulfone groups is 1. The van der Waals surface area contributed by atoms with Gasteiger partial charge in [0, 0.05) is 37.9 Å². The van der Waals surface area contributed by atoms with Crippen molar-refractivity contribution in [3.05, 3.63) is 29.8 Å². The van der Waals surface area contributed by atoms with Gasteiger partial charge in [-0.25, -0.2) is 8.42 Å². The molecule has 2 heterocycles. The molecule has 0 radical (unpaired) electrons. The second-order valence-corrected chi connectivity index (χ2v) is 9.87. The number of benzene rings is 1. The van der Waals surface area contributed by atoms with Crippen LogP contribution in [0.3, 0.4) is 0 Å². The zero-order valence-corrected chi connectivity index (χ0v) is 17.7. The molecule has 0 spiro atoms. The van der Waals surface area contributed by atoms with Gasteiger partial charge in [0.2, 0.25) is 5.91 Å². The molecule has 1 unspecified atom stereocenters. The van der Waals surface area contributed by atoms with Gasteiger partial charge in [0.1, 0.15) is 0 Å². The van der Waals surface area contributed by atoms with Gasteiger partial charge in [-0.15, -0.1) is 0 Å². The number of hydrogen-bond acceptors (Lipinski definition) is 6. The second kappa shape index (κ2) is 9.24. The number of likely N-dealkylation sites (N-methyl/N-ethyl adjacent to an activating group) is 2. The molecule has 7 nitrogen and oxygen atoms in total. The number of morpholine rings is 1. The van der Waals surface area contributed by atoms with Crippen molar-refractivity contribution in [3.8, 4) is 0 Å². The highest BCUT2D eigenvalue weighted by Crippen LogP contribution is 2.23. The van der Waals surface area contributed by atoms with E-state index in [-0.39, 0.29) is 30.0 Å². The van der Waals surface area contributed by atoms with E-state index in [9.17, 15) is 13.2 Å².